The largest absolute Gasteiger partial charge is 0.450 e. The Morgan fingerprint density at radius 3 is 2.84 bits per heavy atom. The number of hydrogen-bond donors (Lipinski definition) is 2. The van der Waals surface area contributed by atoms with E-state index in [-0.39, 0.29) is 12.3 Å². The van der Waals surface area contributed by atoms with Crippen LogP contribution in [-0.2, 0) is 9.53 Å². The molecule has 0 fully saturated rings. The van der Waals surface area contributed by atoms with Gasteiger partial charge < -0.3 is 14.6 Å². The lowest BCUT2D eigenvalue weighted by Crippen LogP contribution is -2.41. The Balaban J connectivity index is 2.32. The summed E-state index contributed by atoms with van der Waals surface area (Å²) in [4.78, 5) is 33.7. The molecule has 0 saturated heterocycles. The normalized spacial score (nSPS) is 9.53. The van der Waals surface area contributed by atoms with Crippen molar-refractivity contribution in [3.8, 4) is 0 Å². The number of esters is 1. The van der Waals surface area contributed by atoms with Crippen molar-refractivity contribution in [3.63, 3.8) is 0 Å². The van der Waals surface area contributed by atoms with Crippen LogP contribution < -0.4 is 10.6 Å². The van der Waals surface area contributed by atoms with Crippen LogP contribution in [0.5, 0.6) is 0 Å². The number of imide groups is 1. The van der Waals surface area contributed by atoms with Crippen LogP contribution in [0.1, 0.15) is 16.2 Å². The SMILES string of the molecule is C=CCNC(=O)NC(=O)COC(=O)c1cc(C)no1. The zero-order valence-electron chi connectivity index (χ0n) is 10.3. The van der Waals surface area contributed by atoms with E-state index in [2.05, 4.69) is 26.3 Å². The highest BCUT2D eigenvalue weighted by molar-refractivity contribution is 5.96. The molecule has 1 heterocycles. The summed E-state index contributed by atoms with van der Waals surface area (Å²) in [6.07, 6.45) is 1.45. The molecule has 1 aromatic rings. The van der Waals surface area contributed by atoms with E-state index in [1.807, 2.05) is 5.32 Å². The van der Waals surface area contributed by atoms with Gasteiger partial charge in [-0.1, -0.05) is 11.2 Å². The predicted molar refractivity (Wildman–Crippen MR) is 63.3 cm³/mol. The van der Waals surface area contributed by atoms with Gasteiger partial charge in [-0.05, 0) is 6.92 Å². The maximum absolute atomic E-state index is 11.4. The molecule has 19 heavy (non-hydrogen) atoms. The number of carbonyl (C=O) groups excluding carboxylic acids is 3. The Bertz CT molecular complexity index is 494. The number of nitrogens with zero attached hydrogens (tertiary/aromatic N) is 1. The fourth-order valence-electron chi connectivity index (χ4n) is 1.03. The number of carbonyl (C=O) groups is 3. The summed E-state index contributed by atoms with van der Waals surface area (Å²) in [5.41, 5.74) is 0.514. The summed E-state index contributed by atoms with van der Waals surface area (Å²) in [7, 11) is 0. The highest BCUT2D eigenvalue weighted by Gasteiger charge is 2.15. The van der Waals surface area contributed by atoms with Gasteiger partial charge in [0, 0.05) is 12.6 Å². The van der Waals surface area contributed by atoms with E-state index in [4.69, 9.17) is 0 Å². The number of aromatic nitrogens is 1. The molecular weight excluding hydrogens is 254 g/mol. The smallest absolute Gasteiger partial charge is 0.377 e. The number of hydrogen-bond acceptors (Lipinski definition) is 6. The number of urea groups is 1. The molecule has 8 nitrogen and oxygen atoms in total. The lowest BCUT2D eigenvalue weighted by Gasteiger charge is -2.04. The van der Waals surface area contributed by atoms with Gasteiger partial charge in [0.15, 0.2) is 6.61 Å². The van der Waals surface area contributed by atoms with E-state index in [9.17, 15) is 14.4 Å². The first kappa shape index (κ1) is 14.4. The van der Waals surface area contributed by atoms with Crippen molar-refractivity contribution in [1.82, 2.24) is 15.8 Å². The maximum Gasteiger partial charge on any atom is 0.377 e. The van der Waals surface area contributed by atoms with Crippen LogP contribution in [0, 0.1) is 6.92 Å². The molecule has 102 valence electrons. The molecule has 0 aliphatic rings. The van der Waals surface area contributed by atoms with Crippen molar-refractivity contribution < 1.29 is 23.6 Å². The first-order valence-corrected chi connectivity index (χ1v) is 5.32. The molecule has 0 atom stereocenters. The highest BCUT2D eigenvalue weighted by atomic mass is 16.6. The molecule has 0 aromatic carbocycles. The number of aryl methyl sites for hydroxylation is 1. The molecule has 0 radical (unpaired) electrons. The Hall–Kier alpha value is -2.64. The molecule has 2 N–H and O–H groups in total. The second kappa shape index (κ2) is 6.94. The Morgan fingerprint density at radius 2 is 2.26 bits per heavy atom. The van der Waals surface area contributed by atoms with Gasteiger partial charge in [-0.25, -0.2) is 9.59 Å². The summed E-state index contributed by atoms with van der Waals surface area (Å²) in [6.45, 7) is 4.65. The first-order chi connectivity index (χ1) is 9.02. The molecule has 3 amide bonds. The van der Waals surface area contributed by atoms with Crippen LogP contribution in [0.3, 0.4) is 0 Å². The zero-order chi connectivity index (χ0) is 14.3. The average Bonchev–Trinajstić information content (AvgIpc) is 2.80. The topological polar surface area (TPSA) is 111 Å². The average molecular weight is 267 g/mol. The second-order valence-electron chi connectivity index (χ2n) is 3.46. The van der Waals surface area contributed by atoms with Crippen molar-refractivity contribution >= 4 is 17.9 Å². The monoisotopic (exact) mass is 267 g/mol. The van der Waals surface area contributed by atoms with Gasteiger partial charge in [0.2, 0.25) is 5.76 Å². The quantitative estimate of drug-likeness (QED) is 0.580. The van der Waals surface area contributed by atoms with Crippen molar-refractivity contribution in [2.24, 2.45) is 0 Å². The minimum Gasteiger partial charge on any atom is -0.450 e. The van der Waals surface area contributed by atoms with Crippen molar-refractivity contribution in [2.45, 2.75) is 6.92 Å². The molecular formula is C11H13N3O5. The fourth-order valence-corrected chi connectivity index (χ4v) is 1.03. The van der Waals surface area contributed by atoms with Crippen LogP contribution in [0.4, 0.5) is 4.79 Å². The van der Waals surface area contributed by atoms with E-state index in [1.165, 1.54) is 12.1 Å². The van der Waals surface area contributed by atoms with Crippen molar-refractivity contribution in [1.29, 1.82) is 0 Å². The summed E-state index contributed by atoms with van der Waals surface area (Å²) in [6, 6.07) is 0.674. The van der Waals surface area contributed by atoms with E-state index in [1.54, 1.807) is 6.92 Å². The molecule has 0 unspecified atom stereocenters. The van der Waals surface area contributed by atoms with Crippen molar-refractivity contribution in [2.75, 3.05) is 13.2 Å². The molecule has 1 rings (SSSR count). The lowest BCUT2D eigenvalue weighted by atomic mass is 10.4. The molecule has 1 aromatic heterocycles. The Labute approximate surface area is 108 Å². The summed E-state index contributed by atoms with van der Waals surface area (Å²) in [5, 5.41) is 7.79. The Morgan fingerprint density at radius 1 is 1.53 bits per heavy atom. The van der Waals surface area contributed by atoms with E-state index < -0.39 is 24.5 Å². The Kier molecular flexibility index (Phi) is 5.27. The van der Waals surface area contributed by atoms with Crippen molar-refractivity contribution in [3.05, 3.63) is 30.2 Å². The van der Waals surface area contributed by atoms with E-state index in [0.717, 1.165) is 0 Å². The summed E-state index contributed by atoms with van der Waals surface area (Å²) in [5.74, 6) is -1.70. The summed E-state index contributed by atoms with van der Waals surface area (Å²) < 4.78 is 9.27. The minimum absolute atomic E-state index is 0.110. The van der Waals surface area contributed by atoms with Gasteiger partial charge in [0.05, 0.1) is 5.69 Å². The summed E-state index contributed by atoms with van der Waals surface area (Å²) >= 11 is 0. The second-order valence-corrected chi connectivity index (χ2v) is 3.46. The van der Waals surface area contributed by atoms with E-state index >= 15 is 0 Å². The highest BCUT2D eigenvalue weighted by Crippen LogP contribution is 2.03. The molecule has 0 spiro atoms. The zero-order valence-corrected chi connectivity index (χ0v) is 10.3. The van der Waals surface area contributed by atoms with E-state index in [0.29, 0.717) is 5.69 Å². The van der Waals surface area contributed by atoms with Gasteiger partial charge in [-0.2, -0.15) is 0 Å². The number of ether oxygens (including phenoxy) is 1. The van der Waals surface area contributed by atoms with Gasteiger partial charge in [-0.3, -0.25) is 10.1 Å². The number of nitrogens with one attached hydrogen (secondary N) is 2. The molecule has 0 bridgehead atoms. The van der Waals surface area contributed by atoms with Crippen LogP contribution in [0.2, 0.25) is 0 Å². The standard InChI is InChI=1S/C11H13N3O5/c1-3-4-12-11(17)13-9(15)6-18-10(16)8-5-7(2)14-19-8/h3,5H,1,4,6H2,2H3,(H2,12,13,15,17). The van der Waals surface area contributed by atoms with Crippen LogP contribution >= 0.6 is 0 Å². The third kappa shape index (κ3) is 5.02. The van der Waals surface area contributed by atoms with Gasteiger partial charge >= 0.3 is 12.0 Å². The third-order valence-corrected chi connectivity index (χ3v) is 1.82. The number of amides is 3. The fraction of sp³-hybridized carbons (Fsp3) is 0.273. The minimum atomic E-state index is -0.831. The van der Waals surface area contributed by atoms with Gasteiger partial charge in [0.25, 0.3) is 5.91 Å². The third-order valence-electron chi connectivity index (χ3n) is 1.82. The molecule has 0 saturated carbocycles. The van der Waals surface area contributed by atoms with Crippen LogP contribution in [0.15, 0.2) is 23.2 Å². The lowest BCUT2D eigenvalue weighted by molar-refractivity contribution is -0.123. The van der Waals surface area contributed by atoms with Gasteiger partial charge in [-0.15, -0.1) is 6.58 Å². The first-order valence-electron chi connectivity index (χ1n) is 5.32. The van der Waals surface area contributed by atoms with Gasteiger partial charge in [0.1, 0.15) is 0 Å². The van der Waals surface area contributed by atoms with Crippen LogP contribution in [-0.4, -0.2) is 36.2 Å². The van der Waals surface area contributed by atoms with Crippen LogP contribution in [0.25, 0.3) is 0 Å². The number of rotatable bonds is 5. The molecule has 0 aliphatic carbocycles. The maximum atomic E-state index is 11.4. The molecule has 8 heteroatoms. The molecule has 0 aliphatic heterocycles. The predicted octanol–water partition coefficient (Wildman–Crippen LogP) is 0.152.